The second-order valence-corrected chi connectivity index (χ2v) is 5.45. The van der Waals surface area contributed by atoms with Crippen LogP contribution in [0, 0.1) is 5.82 Å². The molecule has 0 saturated heterocycles. The molecule has 8 heteroatoms. The van der Waals surface area contributed by atoms with Gasteiger partial charge in [0.2, 0.25) is 5.88 Å². The second kappa shape index (κ2) is 5.69. The standard InChI is InChI=1S/C12H5Br2F4NO/c13-6-3-8(12(16,17)18)11(19-5-6)20-10-4-7(15)1-2-9(10)14/h1-5H. The normalized spacial score (nSPS) is 11.5. The lowest BCUT2D eigenvalue weighted by Gasteiger charge is -2.13. The Labute approximate surface area is 128 Å². The van der Waals surface area contributed by atoms with Crippen LogP contribution in [-0.2, 0) is 6.18 Å². The van der Waals surface area contributed by atoms with Gasteiger partial charge in [-0.25, -0.2) is 9.37 Å². The molecule has 2 rings (SSSR count). The number of hydrogen-bond acceptors (Lipinski definition) is 2. The molecule has 0 N–H and O–H groups in total. The summed E-state index contributed by atoms with van der Waals surface area (Å²) in [6, 6.07) is 4.29. The number of pyridine rings is 1. The van der Waals surface area contributed by atoms with Crippen LogP contribution in [0.25, 0.3) is 0 Å². The number of hydrogen-bond donors (Lipinski definition) is 0. The third-order valence-corrected chi connectivity index (χ3v) is 3.31. The van der Waals surface area contributed by atoms with Crippen LogP contribution in [0.2, 0.25) is 0 Å². The molecule has 0 aliphatic carbocycles. The zero-order valence-electron chi connectivity index (χ0n) is 9.51. The van der Waals surface area contributed by atoms with Gasteiger partial charge in [0.25, 0.3) is 0 Å². The first-order chi connectivity index (χ1) is 9.27. The summed E-state index contributed by atoms with van der Waals surface area (Å²) in [6.07, 6.45) is -3.47. The van der Waals surface area contributed by atoms with Crippen LogP contribution in [0.1, 0.15) is 5.56 Å². The summed E-state index contributed by atoms with van der Waals surface area (Å²) in [6.45, 7) is 0. The van der Waals surface area contributed by atoms with Crippen molar-refractivity contribution in [1.82, 2.24) is 4.98 Å². The first-order valence-corrected chi connectivity index (χ1v) is 6.71. The van der Waals surface area contributed by atoms with Gasteiger partial charge in [0.15, 0.2) is 0 Å². The van der Waals surface area contributed by atoms with Crippen LogP contribution in [0.5, 0.6) is 11.6 Å². The highest BCUT2D eigenvalue weighted by Crippen LogP contribution is 2.39. The smallest absolute Gasteiger partial charge is 0.421 e. The van der Waals surface area contributed by atoms with Crippen molar-refractivity contribution >= 4 is 31.9 Å². The van der Waals surface area contributed by atoms with Gasteiger partial charge in [0, 0.05) is 16.7 Å². The van der Waals surface area contributed by atoms with Gasteiger partial charge in [0.05, 0.1) is 4.47 Å². The van der Waals surface area contributed by atoms with Gasteiger partial charge in [-0.05, 0) is 50.1 Å². The molecule has 0 fully saturated rings. The Kier molecular flexibility index (Phi) is 4.33. The lowest BCUT2D eigenvalue weighted by Crippen LogP contribution is -2.08. The molecule has 1 aromatic heterocycles. The van der Waals surface area contributed by atoms with Gasteiger partial charge in [-0.3, -0.25) is 0 Å². The summed E-state index contributed by atoms with van der Waals surface area (Å²) in [4.78, 5) is 3.58. The first kappa shape index (κ1) is 15.2. The molecule has 20 heavy (non-hydrogen) atoms. The van der Waals surface area contributed by atoms with E-state index in [1.165, 1.54) is 6.07 Å². The monoisotopic (exact) mass is 413 g/mol. The van der Waals surface area contributed by atoms with Crippen molar-refractivity contribution in [2.75, 3.05) is 0 Å². The molecule has 0 spiro atoms. The maximum atomic E-state index is 13.1. The van der Waals surface area contributed by atoms with E-state index in [0.717, 1.165) is 24.4 Å². The van der Waals surface area contributed by atoms with E-state index >= 15 is 0 Å². The number of halogens is 6. The number of rotatable bonds is 2. The number of aromatic nitrogens is 1. The molecule has 0 radical (unpaired) electrons. The predicted octanol–water partition coefficient (Wildman–Crippen LogP) is 5.56. The number of ether oxygens (including phenoxy) is 1. The van der Waals surface area contributed by atoms with Gasteiger partial charge in [-0.15, -0.1) is 0 Å². The largest absolute Gasteiger partial charge is 0.437 e. The fraction of sp³-hybridized carbons (Fsp3) is 0.0833. The maximum Gasteiger partial charge on any atom is 0.421 e. The highest BCUT2D eigenvalue weighted by Gasteiger charge is 2.36. The Morgan fingerprint density at radius 3 is 2.45 bits per heavy atom. The van der Waals surface area contributed by atoms with Crippen LogP contribution in [0.4, 0.5) is 17.6 Å². The molecule has 0 saturated carbocycles. The zero-order chi connectivity index (χ0) is 14.9. The molecular weight excluding hydrogens is 410 g/mol. The van der Waals surface area contributed by atoms with Crippen molar-refractivity contribution in [2.45, 2.75) is 6.18 Å². The summed E-state index contributed by atoms with van der Waals surface area (Å²) in [5, 5.41) is 0. The van der Waals surface area contributed by atoms with Gasteiger partial charge < -0.3 is 4.74 Å². The van der Waals surface area contributed by atoms with E-state index in [9.17, 15) is 17.6 Å². The van der Waals surface area contributed by atoms with E-state index < -0.39 is 23.4 Å². The number of nitrogens with zero attached hydrogens (tertiary/aromatic N) is 1. The molecule has 0 unspecified atom stereocenters. The number of benzene rings is 1. The summed E-state index contributed by atoms with van der Waals surface area (Å²) >= 11 is 5.98. The third kappa shape index (κ3) is 3.49. The maximum absolute atomic E-state index is 13.1. The van der Waals surface area contributed by atoms with Gasteiger partial charge in [-0.2, -0.15) is 13.2 Å². The molecule has 106 valence electrons. The van der Waals surface area contributed by atoms with Gasteiger partial charge >= 0.3 is 6.18 Å². The molecule has 0 aliphatic rings. The average molecular weight is 415 g/mol. The van der Waals surface area contributed by atoms with E-state index in [0.29, 0.717) is 4.47 Å². The Bertz CT molecular complexity index is 646. The fourth-order valence-electron chi connectivity index (χ4n) is 1.37. The highest BCUT2D eigenvalue weighted by molar-refractivity contribution is 9.10. The Morgan fingerprint density at radius 1 is 1.10 bits per heavy atom. The molecule has 1 heterocycles. The Balaban J connectivity index is 2.46. The Morgan fingerprint density at radius 2 is 1.80 bits per heavy atom. The van der Waals surface area contributed by atoms with E-state index in [2.05, 4.69) is 36.8 Å². The minimum Gasteiger partial charge on any atom is -0.437 e. The lowest BCUT2D eigenvalue weighted by molar-refractivity contribution is -0.138. The van der Waals surface area contributed by atoms with Gasteiger partial charge in [-0.1, -0.05) is 0 Å². The van der Waals surface area contributed by atoms with Crippen molar-refractivity contribution in [3.8, 4) is 11.6 Å². The molecule has 0 atom stereocenters. The van der Waals surface area contributed by atoms with Crippen LogP contribution < -0.4 is 4.74 Å². The first-order valence-electron chi connectivity index (χ1n) is 5.13. The van der Waals surface area contributed by atoms with Crippen molar-refractivity contribution in [1.29, 1.82) is 0 Å². The minimum atomic E-state index is -4.63. The molecule has 0 bridgehead atoms. The summed E-state index contributed by atoms with van der Waals surface area (Å²) in [5.41, 5.74) is -1.05. The summed E-state index contributed by atoms with van der Waals surface area (Å²) < 4.78 is 57.3. The van der Waals surface area contributed by atoms with Crippen LogP contribution in [0.3, 0.4) is 0 Å². The fourth-order valence-corrected chi connectivity index (χ4v) is 2.03. The molecule has 1 aromatic carbocycles. The lowest BCUT2D eigenvalue weighted by atomic mass is 10.2. The molecule has 2 aromatic rings. The molecule has 2 nitrogen and oxygen atoms in total. The van der Waals surface area contributed by atoms with Crippen LogP contribution >= 0.6 is 31.9 Å². The molecule has 0 amide bonds. The highest BCUT2D eigenvalue weighted by atomic mass is 79.9. The number of alkyl halides is 3. The zero-order valence-corrected chi connectivity index (χ0v) is 12.7. The third-order valence-electron chi connectivity index (χ3n) is 2.22. The average Bonchev–Trinajstić information content (AvgIpc) is 2.34. The van der Waals surface area contributed by atoms with E-state index in [1.54, 1.807) is 0 Å². The van der Waals surface area contributed by atoms with Crippen molar-refractivity contribution in [3.63, 3.8) is 0 Å². The van der Waals surface area contributed by atoms with E-state index in [4.69, 9.17) is 4.74 Å². The topological polar surface area (TPSA) is 22.1 Å². The van der Waals surface area contributed by atoms with E-state index in [1.807, 2.05) is 0 Å². The van der Waals surface area contributed by atoms with Crippen molar-refractivity contribution in [2.24, 2.45) is 0 Å². The molecule has 0 aliphatic heterocycles. The Hall–Kier alpha value is -1.15. The van der Waals surface area contributed by atoms with Crippen LogP contribution in [0.15, 0.2) is 39.4 Å². The van der Waals surface area contributed by atoms with Gasteiger partial charge in [0.1, 0.15) is 17.1 Å². The summed E-state index contributed by atoms with van der Waals surface area (Å²) in [5.74, 6) is -1.37. The second-order valence-electron chi connectivity index (χ2n) is 3.68. The van der Waals surface area contributed by atoms with Crippen molar-refractivity contribution < 1.29 is 22.3 Å². The SMILES string of the molecule is Fc1ccc(Br)c(Oc2ncc(Br)cc2C(F)(F)F)c1. The predicted molar refractivity (Wildman–Crippen MR) is 71.1 cm³/mol. The molecular formula is C12H5Br2F4NO. The minimum absolute atomic E-state index is 0.0923. The summed E-state index contributed by atoms with van der Waals surface area (Å²) in [7, 11) is 0. The van der Waals surface area contributed by atoms with E-state index in [-0.39, 0.29) is 10.2 Å². The van der Waals surface area contributed by atoms with Crippen LogP contribution in [-0.4, -0.2) is 4.98 Å². The quantitative estimate of drug-likeness (QED) is 0.600. The van der Waals surface area contributed by atoms with Crippen molar-refractivity contribution in [3.05, 3.63) is 50.8 Å².